The van der Waals surface area contributed by atoms with Gasteiger partial charge in [-0.05, 0) is 36.8 Å². The number of halogens is 3. The first-order chi connectivity index (χ1) is 9.58. The van der Waals surface area contributed by atoms with Gasteiger partial charge in [-0.25, -0.2) is 0 Å². The van der Waals surface area contributed by atoms with Gasteiger partial charge in [0.1, 0.15) is 0 Å². The van der Waals surface area contributed by atoms with E-state index in [1.807, 2.05) is 49.4 Å². The molecule has 0 spiro atoms. The van der Waals surface area contributed by atoms with E-state index in [1.165, 1.54) is 0 Å². The molecular weight excluding hydrogens is 359 g/mol. The van der Waals surface area contributed by atoms with Crippen LogP contribution in [-0.4, -0.2) is 5.71 Å². The zero-order chi connectivity index (χ0) is 14.5. The van der Waals surface area contributed by atoms with Crippen LogP contribution in [0.25, 0.3) is 0 Å². The Morgan fingerprint density at radius 3 is 2.30 bits per heavy atom. The lowest BCUT2D eigenvalue weighted by molar-refractivity contribution is 0.744. The minimum Gasteiger partial charge on any atom is -0.305 e. The SMILES string of the molecule is C/C(=N/NCc1c(Cl)cccc1Cl)c1ccc(Br)cc1. The Balaban J connectivity index is 2.04. The van der Waals surface area contributed by atoms with Crippen molar-refractivity contribution in [2.75, 3.05) is 0 Å². The average molecular weight is 372 g/mol. The molecule has 2 nitrogen and oxygen atoms in total. The molecule has 0 heterocycles. The van der Waals surface area contributed by atoms with Crippen molar-refractivity contribution in [3.63, 3.8) is 0 Å². The van der Waals surface area contributed by atoms with Crippen molar-refractivity contribution in [1.29, 1.82) is 0 Å². The number of hydrazone groups is 1. The summed E-state index contributed by atoms with van der Waals surface area (Å²) in [5, 5.41) is 5.62. The van der Waals surface area contributed by atoms with Crippen LogP contribution >= 0.6 is 39.1 Å². The van der Waals surface area contributed by atoms with Crippen molar-refractivity contribution in [2.45, 2.75) is 13.5 Å². The molecule has 104 valence electrons. The lowest BCUT2D eigenvalue weighted by Gasteiger charge is -2.07. The number of hydrogen-bond donors (Lipinski definition) is 1. The summed E-state index contributed by atoms with van der Waals surface area (Å²) in [7, 11) is 0. The Bertz CT molecular complexity index is 604. The van der Waals surface area contributed by atoms with Gasteiger partial charge in [0.15, 0.2) is 0 Å². The molecule has 0 atom stereocenters. The van der Waals surface area contributed by atoms with Crippen molar-refractivity contribution >= 4 is 44.8 Å². The van der Waals surface area contributed by atoms with Crippen molar-refractivity contribution < 1.29 is 0 Å². The molecule has 0 aliphatic carbocycles. The van der Waals surface area contributed by atoms with Gasteiger partial charge >= 0.3 is 0 Å². The largest absolute Gasteiger partial charge is 0.305 e. The van der Waals surface area contributed by atoms with E-state index in [-0.39, 0.29) is 0 Å². The summed E-state index contributed by atoms with van der Waals surface area (Å²) >= 11 is 15.6. The Hall–Kier alpha value is -1.03. The van der Waals surface area contributed by atoms with Gasteiger partial charge in [-0.2, -0.15) is 5.10 Å². The maximum absolute atomic E-state index is 6.10. The summed E-state index contributed by atoms with van der Waals surface area (Å²) < 4.78 is 1.05. The van der Waals surface area contributed by atoms with Gasteiger partial charge in [-0.1, -0.05) is 57.3 Å². The predicted molar refractivity (Wildman–Crippen MR) is 89.7 cm³/mol. The van der Waals surface area contributed by atoms with E-state index in [9.17, 15) is 0 Å². The summed E-state index contributed by atoms with van der Waals surface area (Å²) in [4.78, 5) is 0. The molecular formula is C15H13BrCl2N2. The molecule has 0 radical (unpaired) electrons. The van der Waals surface area contributed by atoms with Gasteiger partial charge in [0.05, 0.1) is 12.3 Å². The van der Waals surface area contributed by atoms with Crippen molar-refractivity contribution in [1.82, 2.24) is 5.43 Å². The molecule has 0 amide bonds. The fourth-order valence-corrected chi connectivity index (χ4v) is 2.49. The third-order valence-electron chi connectivity index (χ3n) is 2.83. The maximum atomic E-state index is 6.10. The molecule has 2 rings (SSSR count). The number of benzene rings is 2. The fourth-order valence-electron chi connectivity index (χ4n) is 1.69. The zero-order valence-electron chi connectivity index (χ0n) is 10.8. The summed E-state index contributed by atoms with van der Waals surface area (Å²) in [5.74, 6) is 0. The average Bonchev–Trinajstić information content (AvgIpc) is 2.42. The van der Waals surface area contributed by atoms with Gasteiger partial charge < -0.3 is 5.43 Å². The second kappa shape index (κ2) is 7.11. The van der Waals surface area contributed by atoms with Gasteiger partial charge in [0.2, 0.25) is 0 Å². The number of rotatable bonds is 4. The molecule has 0 unspecified atom stereocenters. The van der Waals surface area contributed by atoms with Crippen LogP contribution < -0.4 is 5.43 Å². The smallest absolute Gasteiger partial charge is 0.0644 e. The molecule has 1 N–H and O–H groups in total. The van der Waals surface area contributed by atoms with E-state index in [1.54, 1.807) is 0 Å². The lowest BCUT2D eigenvalue weighted by atomic mass is 10.1. The highest BCUT2D eigenvalue weighted by molar-refractivity contribution is 9.10. The summed E-state index contributed by atoms with van der Waals surface area (Å²) in [6.45, 7) is 2.44. The van der Waals surface area contributed by atoms with E-state index in [2.05, 4.69) is 26.5 Å². The second-order valence-electron chi connectivity index (χ2n) is 4.24. The molecule has 5 heteroatoms. The maximum Gasteiger partial charge on any atom is 0.0644 e. The Morgan fingerprint density at radius 1 is 1.10 bits per heavy atom. The highest BCUT2D eigenvalue weighted by Gasteiger charge is 2.04. The zero-order valence-corrected chi connectivity index (χ0v) is 13.9. The summed E-state index contributed by atoms with van der Waals surface area (Å²) in [6, 6.07) is 13.4. The Kier molecular flexibility index (Phi) is 5.46. The molecule has 0 aliphatic rings. The van der Waals surface area contributed by atoms with Crippen LogP contribution in [0, 0.1) is 0 Å². The van der Waals surface area contributed by atoms with Crippen LogP contribution in [0.15, 0.2) is 52.0 Å². The third-order valence-corrected chi connectivity index (χ3v) is 4.06. The molecule has 20 heavy (non-hydrogen) atoms. The molecule has 2 aromatic rings. The third kappa shape index (κ3) is 3.98. The first kappa shape index (κ1) is 15.4. The molecule has 2 aromatic carbocycles. The molecule has 0 fully saturated rings. The molecule has 0 bridgehead atoms. The highest BCUT2D eigenvalue weighted by atomic mass is 79.9. The van der Waals surface area contributed by atoms with E-state index < -0.39 is 0 Å². The van der Waals surface area contributed by atoms with Gasteiger partial charge in [0, 0.05) is 20.1 Å². The topological polar surface area (TPSA) is 24.4 Å². The Morgan fingerprint density at radius 2 is 1.70 bits per heavy atom. The van der Waals surface area contributed by atoms with Crippen molar-refractivity contribution in [3.05, 3.63) is 68.1 Å². The quantitative estimate of drug-likeness (QED) is 0.574. The second-order valence-corrected chi connectivity index (χ2v) is 5.97. The molecule has 0 saturated carbocycles. The van der Waals surface area contributed by atoms with Crippen LogP contribution in [-0.2, 0) is 6.54 Å². The summed E-state index contributed by atoms with van der Waals surface area (Å²) in [6.07, 6.45) is 0. The van der Waals surface area contributed by atoms with E-state index in [0.717, 1.165) is 21.3 Å². The highest BCUT2D eigenvalue weighted by Crippen LogP contribution is 2.23. The van der Waals surface area contributed by atoms with E-state index in [4.69, 9.17) is 23.2 Å². The Labute approximate surface area is 136 Å². The van der Waals surface area contributed by atoms with Crippen LogP contribution in [0.1, 0.15) is 18.1 Å². The summed E-state index contributed by atoms with van der Waals surface area (Å²) in [5.41, 5.74) is 5.82. The van der Waals surface area contributed by atoms with E-state index in [0.29, 0.717) is 16.6 Å². The predicted octanol–water partition coefficient (Wildman–Crippen LogP) is 5.27. The normalized spacial score (nSPS) is 11.5. The first-order valence-corrected chi connectivity index (χ1v) is 7.59. The van der Waals surface area contributed by atoms with Crippen molar-refractivity contribution in [2.24, 2.45) is 5.10 Å². The molecule has 0 aliphatic heterocycles. The minimum absolute atomic E-state index is 0.492. The monoisotopic (exact) mass is 370 g/mol. The van der Waals surface area contributed by atoms with Crippen LogP contribution in [0.2, 0.25) is 10.0 Å². The van der Waals surface area contributed by atoms with Gasteiger partial charge in [-0.15, -0.1) is 0 Å². The van der Waals surface area contributed by atoms with Crippen LogP contribution in [0.5, 0.6) is 0 Å². The first-order valence-electron chi connectivity index (χ1n) is 6.04. The van der Waals surface area contributed by atoms with Crippen LogP contribution in [0.4, 0.5) is 0 Å². The number of hydrogen-bond acceptors (Lipinski definition) is 2. The number of nitrogens with one attached hydrogen (secondary N) is 1. The fraction of sp³-hybridized carbons (Fsp3) is 0.133. The lowest BCUT2D eigenvalue weighted by Crippen LogP contribution is -2.10. The van der Waals surface area contributed by atoms with E-state index >= 15 is 0 Å². The van der Waals surface area contributed by atoms with Crippen molar-refractivity contribution in [3.8, 4) is 0 Å². The molecule has 0 aromatic heterocycles. The minimum atomic E-state index is 0.492. The van der Waals surface area contributed by atoms with Crippen LogP contribution in [0.3, 0.4) is 0 Å². The van der Waals surface area contributed by atoms with Gasteiger partial charge in [-0.3, -0.25) is 0 Å². The standard InChI is InChI=1S/C15H13BrCl2N2/c1-10(11-5-7-12(16)8-6-11)20-19-9-13-14(17)3-2-4-15(13)18/h2-8,19H,9H2,1H3/b20-10-. The van der Waals surface area contributed by atoms with Gasteiger partial charge in [0.25, 0.3) is 0 Å². The number of nitrogens with zero attached hydrogens (tertiary/aromatic N) is 1. The molecule has 0 saturated heterocycles.